The summed E-state index contributed by atoms with van der Waals surface area (Å²) < 4.78 is 5.00. The van der Waals surface area contributed by atoms with Crippen LogP contribution < -0.4 is 5.32 Å². The topological polar surface area (TPSA) is 102 Å². The van der Waals surface area contributed by atoms with Crippen LogP contribution in [-0.2, 0) is 4.74 Å². The van der Waals surface area contributed by atoms with Crippen LogP contribution in [0.25, 0.3) is 0 Å². The molecular weight excluding hydrogens is 214 g/mol. The summed E-state index contributed by atoms with van der Waals surface area (Å²) in [5.41, 5.74) is 0. The largest absolute Gasteiger partial charge is 0.388 e. The van der Waals surface area contributed by atoms with Crippen molar-refractivity contribution in [1.29, 1.82) is 0 Å². The summed E-state index contributed by atoms with van der Waals surface area (Å²) >= 11 is 0. The van der Waals surface area contributed by atoms with E-state index < -0.39 is 30.7 Å². The number of aliphatic hydroxyl groups excluding tert-OH is 4. The Morgan fingerprint density at radius 2 is 1.69 bits per heavy atom. The average Bonchev–Trinajstić information content (AvgIpc) is 2.22. The predicted octanol–water partition coefficient (Wildman–Crippen LogP) is -1.97. The second-order valence-electron chi connectivity index (χ2n) is 4.59. The van der Waals surface area contributed by atoms with Gasteiger partial charge in [0.1, 0.15) is 24.4 Å². The number of ether oxygens (including phenoxy) is 1. The molecule has 0 aromatic rings. The Morgan fingerprint density at radius 3 is 2.25 bits per heavy atom. The van der Waals surface area contributed by atoms with E-state index in [2.05, 4.69) is 5.32 Å². The molecule has 6 nitrogen and oxygen atoms in total. The summed E-state index contributed by atoms with van der Waals surface area (Å²) in [7, 11) is 0. The molecule has 5 atom stereocenters. The van der Waals surface area contributed by atoms with Gasteiger partial charge in [-0.3, -0.25) is 0 Å². The molecule has 1 heterocycles. The monoisotopic (exact) mass is 235 g/mol. The third kappa shape index (κ3) is 3.38. The zero-order chi connectivity index (χ0) is 12.3. The molecule has 16 heavy (non-hydrogen) atoms. The zero-order valence-electron chi connectivity index (χ0n) is 9.58. The van der Waals surface area contributed by atoms with Gasteiger partial charge >= 0.3 is 0 Å². The van der Waals surface area contributed by atoms with Crippen LogP contribution in [0.1, 0.15) is 13.8 Å². The third-order valence-corrected chi connectivity index (χ3v) is 2.59. The van der Waals surface area contributed by atoms with Gasteiger partial charge in [-0.05, 0) is 12.5 Å². The van der Waals surface area contributed by atoms with Crippen molar-refractivity contribution in [3.63, 3.8) is 0 Å². The molecule has 0 bridgehead atoms. The summed E-state index contributed by atoms with van der Waals surface area (Å²) in [6, 6.07) is 0. The molecule has 1 fully saturated rings. The van der Waals surface area contributed by atoms with Crippen molar-refractivity contribution in [1.82, 2.24) is 5.32 Å². The minimum atomic E-state index is -1.46. The van der Waals surface area contributed by atoms with Crippen molar-refractivity contribution in [3.05, 3.63) is 0 Å². The van der Waals surface area contributed by atoms with E-state index in [1.807, 2.05) is 13.8 Å². The van der Waals surface area contributed by atoms with Crippen LogP contribution >= 0.6 is 0 Å². The first kappa shape index (κ1) is 13.8. The van der Waals surface area contributed by atoms with Crippen LogP contribution in [-0.4, -0.2) is 64.2 Å². The average molecular weight is 235 g/mol. The standard InChI is InChI=1S/C10H21NO5/c1-5(2)3-11-4-6-7(12)8(13)9(14)10(15)16-6/h5-15H,3-4H2,1-2H3/t6-,7-,8+,9-,10+/m1/s1. The van der Waals surface area contributed by atoms with E-state index in [9.17, 15) is 20.4 Å². The van der Waals surface area contributed by atoms with Gasteiger partial charge in [-0.15, -0.1) is 0 Å². The third-order valence-electron chi connectivity index (χ3n) is 2.59. The fraction of sp³-hybridized carbons (Fsp3) is 1.00. The molecule has 0 spiro atoms. The molecule has 0 aliphatic carbocycles. The molecule has 0 aromatic carbocycles. The molecule has 0 unspecified atom stereocenters. The minimum absolute atomic E-state index is 0.320. The molecule has 1 saturated heterocycles. The fourth-order valence-corrected chi connectivity index (χ4v) is 1.61. The van der Waals surface area contributed by atoms with E-state index in [4.69, 9.17) is 4.74 Å². The highest BCUT2D eigenvalue weighted by Crippen LogP contribution is 2.19. The summed E-state index contributed by atoms with van der Waals surface area (Å²) in [4.78, 5) is 0. The van der Waals surface area contributed by atoms with Gasteiger partial charge in [0, 0.05) is 6.54 Å². The number of aliphatic hydroxyl groups is 4. The molecule has 96 valence electrons. The lowest BCUT2D eigenvalue weighted by Gasteiger charge is -2.38. The van der Waals surface area contributed by atoms with Gasteiger partial charge < -0.3 is 30.5 Å². The summed E-state index contributed by atoms with van der Waals surface area (Å²) in [5, 5.41) is 40.6. The maximum absolute atomic E-state index is 9.60. The fourth-order valence-electron chi connectivity index (χ4n) is 1.61. The molecule has 0 saturated carbocycles. The van der Waals surface area contributed by atoms with Gasteiger partial charge in [0.15, 0.2) is 6.29 Å². The Morgan fingerprint density at radius 1 is 1.06 bits per heavy atom. The molecule has 5 N–H and O–H groups in total. The smallest absolute Gasteiger partial charge is 0.184 e. The maximum atomic E-state index is 9.60. The first-order valence-corrected chi connectivity index (χ1v) is 5.52. The van der Waals surface area contributed by atoms with Gasteiger partial charge in [-0.2, -0.15) is 0 Å². The Bertz CT molecular complexity index is 213. The predicted molar refractivity (Wildman–Crippen MR) is 56.6 cm³/mol. The van der Waals surface area contributed by atoms with Crippen molar-refractivity contribution in [2.45, 2.75) is 44.6 Å². The van der Waals surface area contributed by atoms with Gasteiger partial charge in [-0.1, -0.05) is 13.8 Å². The van der Waals surface area contributed by atoms with Crippen LogP contribution in [0.4, 0.5) is 0 Å². The summed E-state index contributed by atoms with van der Waals surface area (Å²) in [6.07, 6.45) is -6.21. The highest BCUT2D eigenvalue weighted by atomic mass is 16.6. The number of nitrogens with one attached hydrogen (secondary N) is 1. The van der Waals surface area contributed by atoms with Gasteiger partial charge in [0.25, 0.3) is 0 Å². The lowest BCUT2D eigenvalue weighted by molar-refractivity contribution is -0.280. The number of hydrogen-bond donors (Lipinski definition) is 5. The Kier molecular flexibility index (Phi) is 5.10. The number of rotatable bonds is 4. The van der Waals surface area contributed by atoms with E-state index in [-0.39, 0.29) is 0 Å². The SMILES string of the molecule is CC(C)CNC[C@H]1O[C@H](O)[C@H](O)[C@@H](O)[C@@H]1O. The molecule has 1 aliphatic heterocycles. The Hall–Kier alpha value is -0.240. The van der Waals surface area contributed by atoms with Gasteiger partial charge in [-0.25, -0.2) is 0 Å². The van der Waals surface area contributed by atoms with Crippen molar-refractivity contribution in [2.75, 3.05) is 13.1 Å². The minimum Gasteiger partial charge on any atom is -0.388 e. The second kappa shape index (κ2) is 5.90. The highest BCUT2D eigenvalue weighted by molar-refractivity contribution is 4.89. The molecule has 0 radical (unpaired) electrons. The molecular formula is C10H21NO5. The maximum Gasteiger partial charge on any atom is 0.184 e. The van der Waals surface area contributed by atoms with Crippen LogP contribution in [0, 0.1) is 5.92 Å². The van der Waals surface area contributed by atoms with Crippen molar-refractivity contribution in [3.8, 4) is 0 Å². The zero-order valence-corrected chi connectivity index (χ0v) is 9.58. The second-order valence-corrected chi connectivity index (χ2v) is 4.59. The first-order valence-electron chi connectivity index (χ1n) is 5.52. The molecule has 0 amide bonds. The summed E-state index contributed by atoms with van der Waals surface area (Å²) in [6.45, 7) is 5.15. The van der Waals surface area contributed by atoms with Crippen LogP contribution in [0.3, 0.4) is 0 Å². The van der Waals surface area contributed by atoms with Crippen LogP contribution in [0.15, 0.2) is 0 Å². The van der Waals surface area contributed by atoms with Gasteiger partial charge in [0.05, 0.1) is 0 Å². The molecule has 0 aromatic heterocycles. The van der Waals surface area contributed by atoms with E-state index >= 15 is 0 Å². The van der Waals surface area contributed by atoms with E-state index in [1.54, 1.807) is 0 Å². The lowest BCUT2D eigenvalue weighted by atomic mass is 9.99. The van der Waals surface area contributed by atoms with E-state index in [0.29, 0.717) is 12.5 Å². The quantitative estimate of drug-likeness (QED) is 0.387. The molecule has 1 rings (SSSR count). The van der Waals surface area contributed by atoms with Crippen molar-refractivity contribution in [2.24, 2.45) is 5.92 Å². The number of hydrogen-bond acceptors (Lipinski definition) is 6. The highest BCUT2D eigenvalue weighted by Gasteiger charge is 2.42. The Labute approximate surface area is 94.9 Å². The normalized spacial score (nSPS) is 40.3. The van der Waals surface area contributed by atoms with Gasteiger partial charge in [0.2, 0.25) is 0 Å². The van der Waals surface area contributed by atoms with Crippen LogP contribution in [0.2, 0.25) is 0 Å². The molecule has 6 heteroatoms. The van der Waals surface area contributed by atoms with Crippen LogP contribution in [0.5, 0.6) is 0 Å². The summed E-state index contributed by atoms with van der Waals surface area (Å²) in [5.74, 6) is 0.459. The van der Waals surface area contributed by atoms with E-state index in [0.717, 1.165) is 6.54 Å². The van der Waals surface area contributed by atoms with E-state index in [1.165, 1.54) is 0 Å². The molecule has 1 aliphatic rings. The first-order chi connectivity index (χ1) is 7.43. The van der Waals surface area contributed by atoms with Crippen molar-refractivity contribution < 1.29 is 25.2 Å². The Balaban J connectivity index is 2.41. The van der Waals surface area contributed by atoms with Crippen molar-refractivity contribution >= 4 is 0 Å². The lowest BCUT2D eigenvalue weighted by Crippen LogP contribution is -2.59.